The predicted octanol–water partition coefficient (Wildman–Crippen LogP) is 5.32. The van der Waals surface area contributed by atoms with E-state index < -0.39 is 0 Å². The summed E-state index contributed by atoms with van der Waals surface area (Å²) >= 11 is 0. The van der Waals surface area contributed by atoms with E-state index in [4.69, 9.17) is 0 Å². The number of hydrogen-bond donors (Lipinski definition) is 4. The van der Waals surface area contributed by atoms with Crippen LogP contribution in [0.3, 0.4) is 0 Å². The number of nitrogens with zero attached hydrogens (tertiary/aromatic N) is 2. The molecule has 6 nitrogen and oxygen atoms in total. The zero-order valence-electron chi connectivity index (χ0n) is 26.4. The van der Waals surface area contributed by atoms with E-state index in [-0.39, 0.29) is 0 Å². The third-order valence-electron chi connectivity index (χ3n) is 10.0. The summed E-state index contributed by atoms with van der Waals surface area (Å²) in [5.41, 5.74) is 2.95. The van der Waals surface area contributed by atoms with E-state index in [1.807, 2.05) is 0 Å². The van der Waals surface area contributed by atoms with Crippen molar-refractivity contribution in [1.29, 1.82) is 0 Å². The van der Waals surface area contributed by atoms with Crippen LogP contribution in [0, 0.1) is 0 Å². The minimum Gasteiger partial charge on any atom is -0.385 e. The first kappa shape index (κ1) is 31.7. The van der Waals surface area contributed by atoms with Gasteiger partial charge in [-0.05, 0) is 127 Å². The van der Waals surface area contributed by atoms with E-state index in [1.165, 1.54) is 127 Å². The lowest BCUT2D eigenvalue weighted by atomic mass is 10.00. The summed E-state index contributed by atoms with van der Waals surface area (Å²) in [6, 6.07) is 12.1. The number of nitrogens with one attached hydrogen (secondary N) is 4. The fraction of sp³-hybridized carbons (Fsp3) is 0.722. The van der Waals surface area contributed by atoms with Crippen LogP contribution in [0.5, 0.6) is 0 Å². The number of hydrogen-bond acceptors (Lipinski definition) is 6. The average Bonchev–Trinajstić information content (AvgIpc) is 3.06. The Morgan fingerprint density at radius 3 is 1.52 bits per heavy atom. The van der Waals surface area contributed by atoms with Crippen molar-refractivity contribution in [3.05, 3.63) is 59.8 Å². The molecule has 1 aromatic rings. The van der Waals surface area contributed by atoms with Gasteiger partial charge in [0.05, 0.1) is 0 Å². The normalized spacial score (nSPS) is 26.5. The Labute approximate surface area is 257 Å². The van der Waals surface area contributed by atoms with E-state index >= 15 is 0 Å². The van der Waals surface area contributed by atoms with Crippen molar-refractivity contribution < 1.29 is 0 Å². The zero-order valence-corrected chi connectivity index (χ0v) is 26.4. The Balaban J connectivity index is 1.18. The number of piperidine rings is 3. The maximum Gasteiger partial charge on any atom is 0.0454 e. The third kappa shape index (κ3) is 11.4. The van der Waals surface area contributed by atoms with E-state index in [1.54, 1.807) is 0 Å². The predicted molar refractivity (Wildman–Crippen MR) is 178 cm³/mol. The average molecular weight is 577 g/mol. The molecule has 0 radical (unpaired) electrons. The molecule has 4 aliphatic rings. The molecule has 0 aromatic heterocycles. The molecule has 3 fully saturated rings. The molecule has 0 saturated carbocycles. The minimum atomic E-state index is 0.447. The van der Waals surface area contributed by atoms with Crippen molar-refractivity contribution in [2.45, 2.75) is 121 Å². The van der Waals surface area contributed by atoms with Crippen LogP contribution in [0.15, 0.2) is 48.7 Å². The van der Waals surface area contributed by atoms with Crippen LogP contribution < -0.4 is 21.3 Å². The Kier molecular flexibility index (Phi) is 13.7. The quantitative estimate of drug-likeness (QED) is 0.214. The Bertz CT molecular complexity index is 907. The molecule has 5 rings (SSSR count). The molecule has 4 unspecified atom stereocenters. The summed E-state index contributed by atoms with van der Waals surface area (Å²) in [6.45, 7) is 10.4. The standard InChI is InChI=1S/C36H60N6/c1-5-20-37-33(12-1)16-24-41(25-17-34-13-2-6-21-38-34)29-31-10-9-11-32(28-31)30-42(26-18-35-14-3-7-22-39-35)27-19-36-15-4-8-23-40-36/h1,5,9-12,20,28,33-40H,2-4,6-8,13-19,21-27,29-30H2. The van der Waals surface area contributed by atoms with Crippen LogP contribution in [-0.2, 0) is 13.1 Å². The Morgan fingerprint density at radius 2 is 1.10 bits per heavy atom. The topological polar surface area (TPSA) is 54.6 Å². The fourth-order valence-electron chi connectivity index (χ4n) is 7.40. The van der Waals surface area contributed by atoms with E-state index in [9.17, 15) is 0 Å². The van der Waals surface area contributed by atoms with Crippen LogP contribution in [0.1, 0.15) is 94.6 Å². The van der Waals surface area contributed by atoms with Gasteiger partial charge in [-0.25, -0.2) is 0 Å². The van der Waals surface area contributed by atoms with Crippen LogP contribution in [0.25, 0.3) is 0 Å². The van der Waals surface area contributed by atoms with Gasteiger partial charge in [0.15, 0.2) is 0 Å². The summed E-state index contributed by atoms with van der Waals surface area (Å²) in [5.74, 6) is 0. The van der Waals surface area contributed by atoms with Crippen molar-refractivity contribution in [1.82, 2.24) is 31.1 Å². The van der Waals surface area contributed by atoms with Crippen molar-refractivity contribution in [3.63, 3.8) is 0 Å². The molecular weight excluding hydrogens is 516 g/mol. The second-order valence-electron chi connectivity index (χ2n) is 13.5. The molecule has 4 aliphatic heterocycles. The van der Waals surface area contributed by atoms with Gasteiger partial charge >= 0.3 is 0 Å². The first-order valence-electron chi connectivity index (χ1n) is 17.6. The number of dihydropyridines is 1. The molecule has 0 aliphatic carbocycles. The summed E-state index contributed by atoms with van der Waals surface area (Å²) in [5, 5.41) is 14.9. The molecule has 4 N–H and O–H groups in total. The highest BCUT2D eigenvalue weighted by Crippen LogP contribution is 2.18. The second kappa shape index (κ2) is 18.2. The highest BCUT2D eigenvalue weighted by molar-refractivity contribution is 5.23. The SMILES string of the molecule is C1=CNC(CCN(CCC2CCCCN2)Cc2cccc(CN(CCC3CCCCN3)CCC3CCCCN3)c2)C=C1. The Morgan fingerprint density at radius 1 is 0.595 bits per heavy atom. The molecule has 234 valence electrons. The van der Waals surface area contributed by atoms with E-state index in [2.05, 4.69) is 79.8 Å². The second-order valence-corrected chi connectivity index (χ2v) is 13.5. The lowest BCUT2D eigenvalue weighted by Gasteiger charge is -2.31. The first-order valence-corrected chi connectivity index (χ1v) is 17.6. The number of benzene rings is 1. The molecule has 6 heteroatoms. The first-order chi connectivity index (χ1) is 20.8. The van der Waals surface area contributed by atoms with Gasteiger partial charge in [-0.2, -0.15) is 0 Å². The summed E-state index contributed by atoms with van der Waals surface area (Å²) in [4.78, 5) is 5.47. The molecule has 4 heterocycles. The molecule has 0 bridgehead atoms. The van der Waals surface area contributed by atoms with Crippen molar-refractivity contribution in [2.24, 2.45) is 0 Å². The van der Waals surface area contributed by atoms with Crippen molar-refractivity contribution in [3.8, 4) is 0 Å². The van der Waals surface area contributed by atoms with Crippen molar-refractivity contribution in [2.75, 3.05) is 45.8 Å². The third-order valence-corrected chi connectivity index (χ3v) is 10.0. The highest BCUT2D eigenvalue weighted by atomic mass is 15.1. The zero-order chi connectivity index (χ0) is 28.7. The van der Waals surface area contributed by atoms with E-state index in [0.717, 1.165) is 26.1 Å². The summed E-state index contributed by atoms with van der Waals surface area (Å²) in [6.07, 6.45) is 25.9. The maximum absolute atomic E-state index is 3.78. The van der Waals surface area contributed by atoms with Gasteiger partial charge in [0.1, 0.15) is 0 Å². The van der Waals surface area contributed by atoms with Crippen LogP contribution >= 0.6 is 0 Å². The molecule has 4 atom stereocenters. The van der Waals surface area contributed by atoms with Crippen LogP contribution in [0.2, 0.25) is 0 Å². The smallest absolute Gasteiger partial charge is 0.0454 e. The van der Waals surface area contributed by atoms with Crippen molar-refractivity contribution >= 4 is 0 Å². The molecule has 0 spiro atoms. The van der Waals surface area contributed by atoms with Gasteiger partial charge < -0.3 is 21.3 Å². The van der Waals surface area contributed by atoms with Gasteiger partial charge in [-0.3, -0.25) is 9.80 Å². The van der Waals surface area contributed by atoms with Gasteiger partial charge in [0.25, 0.3) is 0 Å². The van der Waals surface area contributed by atoms with Gasteiger partial charge in [-0.15, -0.1) is 0 Å². The monoisotopic (exact) mass is 576 g/mol. The largest absolute Gasteiger partial charge is 0.385 e. The van der Waals surface area contributed by atoms with Gasteiger partial charge in [0, 0.05) is 43.8 Å². The molecular formula is C36H60N6. The summed E-state index contributed by atoms with van der Waals surface area (Å²) in [7, 11) is 0. The number of rotatable bonds is 16. The lowest BCUT2D eigenvalue weighted by molar-refractivity contribution is 0.219. The molecule has 42 heavy (non-hydrogen) atoms. The molecule has 3 saturated heterocycles. The van der Waals surface area contributed by atoms with Gasteiger partial charge in [-0.1, -0.05) is 55.7 Å². The minimum absolute atomic E-state index is 0.447. The summed E-state index contributed by atoms with van der Waals surface area (Å²) < 4.78 is 0. The maximum atomic E-state index is 3.78. The van der Waals surface area contributed by atoms with E-state index in [0.29, 0.717) is 24.2 Å². The highest BCUT2D eigenvalue weighted by Gasteiger charge is 2.19. The van der Waals surface area contributed by atoms with Crippen LogP contribution in [-0.4, -0.2) is 79.8 Å². The number of allylic oxidation sites excluding steroid dienone is 2. The molecule has 0 amide bonds. The molecule has 1 aromatic carbocycles. The lowest BCUT2D eigenvalue weighted by Crippen LogP contribution is -2.40. The Hall–Kier alpha value is -1.70. The van der Waals surface area contributed by atoms with Crippen LogP contribution in [0.4, 0.5) is 0 Å². The fourth-order valence-corrected chi connectivity index (χ4v) is 7.40. The van der Waals surface area contributed by atoms with Gasteiger partial charge in [0.2, 0.25) is 0 Å².